The van der Waals surface area contributed by atoms with Crippen LogP contribution in [0.2, 0.25) is 0 Å². The van der Waals surface area contributed by atoms with E-state index in [4.69, 9.17) is 4.74 Å². The third kappa shape index (κ3) is 1.10. The number of fused-ring (bicyclic) bond motifs is 1. The number of methoxy groups -OCH3 is 1. The summed E-state index contributed by atoms with van der Waals surface area (Å²) in [5, 5.41) is 9.27. The van der Waals surface area contributed by atoms with Gasteiger partial charge >= 0.3 is 11.9 Å². The molecule has 0 aromatic rings. The number of hydrogen-bond donors (Lipinski definition) is 1. The maximum Gasteiger partial charge on any atom is 0.310 e. The molecule has 16 heavy (non-hydrogen) atoms. The van der Waals surface area contributed by atoms with E-state index in [1.54, 1.807) is 0 Å². The molecule has 4 aliphatic rings. The van der Waals surface area contributed by atoms with Crippen molar-refractivity contribution in [3.63, 3.8) is 0 Å². The second kappa shape index (κ2) is 3.09. The van der Waals surface area contributed by atoms with Crippen LogP contribution in [0.5, 0.6) is 0 Å². The number of esters is 1. The summed E-state index contributed by atoms with van der Waals surface area (Å²) in [6.45, 7) is 0. The minimum Gasteiger partial charge on any atom is -0.481 e. The van der Waals surface area contributed by atoms with Crippen LogP contribution in [0.3, 0.4) is 0 Å². The molecular formula is C12H14O4. The van der Waals surface area contributed by atoms with E-state index in [0.717, 1.165) is 6.42 Å². The van der Waals surface area contributed by atoms with Gasteiger partial charge in [0.05, 0.1) is 18.9 Å². The van der Waals surface area contributed by atoms with Gasteiger partial charge < -0.3 is 9.84 Å². The Morgan fingerprint density at radius 2 is 1.75 bits per heavy atom. The van der Waals surface area contributed by atoms with Gasteiger partial charge in [-0.2, -0.15) is 0 Å². The van der Waals surface area contributed by atoms with E-state index in [-0.39, 0.29) is 17.8 Å². The van der Waals surface area contributed by atoms with Crippen molar-refractivity contribution in [3.8, 4) is 0 Å². The molecule has 86 valence electrons. The number of carbonyl (C=O) groups excluding carboxylic acids is 1. The lowest BCUT2D eigenvalue weighted by molar-refractivity contribution is -0.162. The molecule has 0 heterocycles. The first-order valence-corrected chi connectivity index (χ1v) is 5.64. The van der Waals surface area contributed by atoms with Crippen LogP contribution in [0.4, 0.5) is 0 Å². The van der Waals surface area contributed by atoms with Crippen molar-refractivity contribution in [1.29, 1.82) is 0 Å². The van der Waals surface area contributed by atoms with Crippen LogP contribution in [-0.4, -0.2) is 24.2 Å². The highest BCUT2D eigenvalue weighted by molar-refractivity contribution is 5.83. The third-order valence-corrected chi connectivity index (χ3v) is 4.41. The number of carbonyl (C=O) groups is 2. The molecule has 6 unspecified atom stereocenters. The zero-order valence-corrected chi connectivity index (χ0v) is 9.00. The van der Waals surface area contributed by atoms with Gasteiger partial charge in [-0.1, -0.05) is 12.2 Å². The summed E-state index contributed by atoms with van der Waals surface area (Å²) < 4.78 is 4.75. The van der Waals surface area contributed by atoms with Crippen molar-refractivity contribution >= 4 is 11.9 Å². The third-order valence-electron chi connectivity index (χ3n) is 4.41. The molecule has 4 rings (SSSR count). The molecule has 2 bridgehead atoms. The Labute approximate surface area is 93.3 Å². The SMILES string of the molecule is COC(=O)C1C2C=CC(C3CC23)C1C(=O)O. The first kappa shape index (κ1) is 9.87. The Hall–Kier alpha value is -1.32. The molecule has 0 spiro atoms. The summed E-state index contributed by atoms with van der Waals surface area (Å²) in [6.07, 6.45) is 5.09. The zero-order valence-electron chi connectivity index (χ0n) is 9.00. The van der Waals surface area contributed by atoms with Crippen LogP contribution in [0.25, 0.3) is 0 Å². The van der Waals surface area contributed by atoms with Crippen LogP contribution in [0.15, 0.2) is 12.2 Å². The largest absolute Gasteiger partial charge is 0.481 e. The maximum atomic E-state index is 11.7. The van der Waals surface area contributed by atoms with Gasteiger partial charge in [0, 0.05) is 0 Å². The highest BCUT2D eigenvalue weighted by atomic mass is 16.5. The number of rotatable bonds is 2. The first-order chi connectivity index (χ1) is 7.65. The molecule has 0 aliphatic heterocycles. The van der Waals surface area contributed by atoms with Gasteiger partial charge in [-0.05, 0) is 30.1 Å². The van der Waals surface area contributed by atoms with Crippen LogP contribution in [0.1, 0.15) is 6.42 Å². The van der Waals surface area contributed by atoms with Crippen molar-refractivity contribution < 1.29 is 19.4 Å². The number of hydrogen-bond acceptors (Lipinski definition) is 3. The van der Waals surface area contributed by atoms with E-state index in [2.05, 4.69) is 0 Å². The molecule has 6 atom stereocenters. The van der Waals surface area contributed by atoms with Crippen molar-refractivity contribution in [2.24, 2.45) is 35.5 Å². The van der Waals surface area contributed by atoms with Crippen LogP contribution in [0, 0.1) is 35.5 Å². The maximum absolute atomic E-state index is 11.7. The quantitative estimate of drug-likeness (QED) is 0.557. The Kier molecular flexibility index (Phi) is 1.91. The Balaban J connectivity index is 1.98. The Bertz CT molecular complexity index is 386. The lowest BCUT2D eigenvalue weighted by Gasteiger charge is -2.40. The van der Waals surface area contributed by atoms with Gasteiger partial charge in [0.2, 0.25) is 0 Å². The van der Waals surface area contributed by atoms with E-state index < -0.39 is 17.8 Å². The summed E-state index contributed by atoms with van der Waals surface area (Å²) in [6, 6.07) is 0. The molecule has 0 amide bonds. The van der Waals surface area contributed by atoms with E-state index in [0.29, 0.717) is 11.8 Å². The summed E-state index contributed by atoms with van der Waals surface area (Å²) in [5.74, 6) is -1.13. The fourth-order valence-electron chi connectivity index (χ4n) is 3.67. The van der Waals surface area contributed by atoms with Gasteiger partial charge in [-0.15, -0.1) is 0 Å². The molecule has 4 heteroatoms. The Morgan fingerprint density at radius 1 is 1.19 bits per heavy atom. The van der Waals surface area contributed by atoms with Crippen molar-refractivity contribution in [2.75, 3.05) is 7.11 Å². The standard InChI is InChI=1S/C12H14O4/c1-16-12(15)10-6-3-2-5(7-4-8(6)7)9(10)11(13)14/h2-3,5-10H,4H2,1H3,(H,13,14). The summed E-state index contributed by atoms with van der Waals surface area (Å²) in [4.78, 5) is 23.0. The second-order valence-corrected chi connectivity index (χ2v) is 5.02. The fourth-order valence-corrected chi connectivity index (χ4v) is 3.67. The summed E-state index contributed by atoms with van der Waals surface area (Å²) >= 11 is 0. The minimum atomic E-state index is -0.861. The lowest BCUT2D eigenvalue weighted by Crippen LogP contribution is -2.46. The normalized spacial score (nSPS) is 47.3. The lowest BCUT2D eigenvalue weighted by atomic mass is 9.62. The van der Waals surface area contributed by atoms with Gasteiger partial charge in [0.25, 0.3) is 0 Å². The predicted molar refractivity (Wildman–Crippen MR) is 54.3 cm³/mol. The minimum absolute atomic E-state index is 0.0385. The van der Waals surface area contributed by atoms with Crippen LogP contribution < -0.4 is 0 Å². The van der Waals surface area contributed by atoms with E-state index >= 15 is 0 Å². The number of ether oxygens (including phenoxy) is 1. The van der Waals surface area contributed by atoms with E-state index in [1.807, 2.05) is 12.2 Å². The predicted octanol–water partition coefficient (Wildman–Crippen LogP) is 0.928. The average Bonchev–Trinajstić information content (AvgIpc) is 3.08. The molecule has 1 N–H and O–H groups in total. The molecule has 0 aromatic carbocycles. The van der Waals surface area contributed by atoms with Crippen LogP contribution in [-0.2, 0) is 14.3 Å². The van der Waals surface area contributed by atoms with Gasteiger partial charge in [-0.25, -0.2) is 0 Å². The molecule has 0 saturated heterocycles. The number of aliphatic carboxylic acids is 1. The smallest absolute Gasteiger partial charge is 0.310 e. The first-order valence-electron chi connectivity index (χ1n) is 5.64. The van der Waals surface area contributed by atoms with Crippen LogP contribution >= 0.6 is 0 Å². The van der Waals surface area contributed by atoms with Gasteiger partial charge in [-0.3, -0.25) is 9.59 Å². The second-order valence-electron chi connectivity index (χ2n) is 5.02. The highest BCUT2D eigenvalue weighted by Crippen LogP contribution is 2.63. The van der Waals surface area contributed by atoms with Gasteiger partial charge in [0.1, 0.15) is 0 Å². The molecule has 4 nitrogen and oxygen atoms in total. The average molecular weight is 222 g/mol. The van der Waals surface area contributed by atoms with Crippen molar-refractivity contribution in [2.45, 2.75) is 6.42 Å². The monoisotopic (exact) mass is 222 g/mol. The molecular weight excluding hydrogens is 208 g/mol. The number of allylic oxidation sites excluding steroid dienone is 2. The van der Waals surface area contributed by atoms with Crippen molar-refractivity contribution in [3.05, 3.63) is 12.2 Å². The summed E-state index contributed by atoms with van der Waals surface area (Å²) in [5.41, 5.74) is 0. The molecule has 2 fully saturated rings. The zero-order chi connectivity index (χ0) is 11.4. The molecule has 4 aliphatic carbocycles. The highest BCUT2D eigenvalue weighted by Gasteiger charge is 2.63. The van der Waals surface area contributed by atoms with E-state index in [9.17, 15) is 14.7 Å². The molecule has 0 radical (unpaired) electrons. The number of carboxylic acids is 1. The molecule has 2 saturated carbocycles. The van der Waals surface area contributed by atoms with Gasteiger partial charge in [0.15, 0.2) is 0 Å². The Morgan fingerprint density at radius 3 is 2.25 bits per heavy atom. The topological polar surface area (TPSA) is 63.6 Å². The summed E-state index contributed by atoms with van der Waals surface area (Å²) in [7, 11) is 1.33. The fraction of sp³-hybridized carbons (Fsp3) is 0.667. The molecule has 0 aromatic heterocycles. The van der Waals surface area contributed by atoms with E-state index in [1.165, 1.54) is 7.11 Å². The number of carboxylic acid groups (broad SMARTS) is 1. The van der Waals surface area contributed by atoms with Crippen molar-refractivity contribution in [1.82, 2.24) is 0 Å².